The molecule has 10 nitrogen and oxygen atoms in total. The van der Waals surface area contributed by atoms with Crippen LogP contribution in [0.1, 0.15) is 24.0 Å². The van der Waals surface area contributed by atoms with Crippen molar-refractivity contribution in [2.24, 2.45) is 7.05 Å². The number of aryl methyl sites for hydroxylation is 1. The van der Waals surface area contributed by atoms with Gasteiger partial charge in [0.15, 0.2) is 0 Å². The number of anilines is 2. The number of aromatic nitrogens is 7. The average Bonchev–Trinajstić information content (AvgIpc) is 3.52. The van der Waals surface area contributed by atoms with Crippen molar-refractivity contribution >= 4 is 45.7 Å². The zero-order valence-electron chi connectivity index (χ0n) is 21.2. The highest BCUT2D eigenvalue weighted by atomic mass is 35.5. The molecule has 12 heteroatoms. The second kappa shape index (κ2) is 8.84. The van der Waals surface area contributed by atoms with Gasteiger partial charge in [-0.05, 0) is 43.1 Å². The molecule has 7 rings (SSSR count). The van der Waals surface area contributed by atoms with Gasteiger partial charge in [0.25, 0.3) is 5.56 Å². The van der Waals surface area contributed by atoms with Gasteiger partial charge >= 0.3 is 0 Å². The predicted molar refractivity (Wildman–Crippen MR) is 150 cm³/mol. The predicted octanol–water partition coefficient (Wildman–Crippen LogP) is 4.50. The number of likely N-dealkylation sites (N-methyl/N-ethyl adjacent to an activating group) is 1. The maximum Gasteiger partial charge on any atom is 0.282 e. The first-order valence-electron chi connectivity index (χ1n) is 12.5. The van der Waals surface area contributed by atoms with Gasteiger partial charge in [0.05, 0.1) is 21.8 Å². The molecule has 4 aromatic heterocycles. The van der Waals surface area contributed by atoms with Crippen molar-refractivity contribution < 1.29 is 0 Å². The van der Waals surface area contributed by atoms with E-state index >= 15 is 0 Å². The Morgan fingerprint density at radius 2 is 1.85 bits per heavy atom. The summed E-state index contributed by atoms with van der Waals surface area (Å²) in [5, 5.41) is 8.57. The number of nitrogens with zero attached hydrogens (tertiary/aromatic N) is 8. The van der Waals surface area contributed by atoms with E-state index in [0.717, 1.165) is 23.5 Å². The molecule has 0 amide bonds. The molecule has 0 saturated heterocycles. The lowest BCUT2D eigenvalue weighted by atomic mass is 9.87. The Kier molecular flexibility index (Phi) is 5.48. The lowest BCUT2D eigenvalue weighted by Crippen LogP contribution is -2.35. The van der Waals surface area contributed by atoms with Gasteiger partial charge in [-0.2, -0.15) is 9.78 Å². The average molecular weight is 560 g/mol. The Labute approximate surface area is 233 Å². The Balaban J connectivity index is 1.35. The van der Waals surface area contributed by atoms with Crippen LogP contribution in [-0.4, -0.2) is 52.8 Å². The summed E-state index contributed by atoms with van der Waals surface area (Å²) in [7, 11) is 4.02. The largest absolute Gasteiger partial charge is 0.340 e. The number of pyridine rings is 1. The highest BCUT2D eigenvalue weighted by molar-refractivity contribution is 6.37. The van der Waals surface area contributed by atoms with E-state index < -0.39 is 5.56 Å². The first-order valence-corrected chi connectivity index (χ1v) is 13.2. The van der Waals surface area contributed by atoms with Gasteiger partial charge in [0.1, 0.15) is 22.6 Å². The molecule has 1 aliphatic heterocycles. The van der Waals surface area contributed by atoms with Crippen molar-refractivity contribution in [2.75, 3.05) is 18.9 Å². The van der Waals surface area contributed by atoms with Crippen molar-refractivity contribution in [1.82, 2.24) is 39.2 Å². The summed E-state index contributed by atoms with van der Waals surface area (Å²) >= 11 is 12.8. The summed E-state index contributed by atoms with van der Waals surface area (Å²) in [4.78, 5) is 33.6. The van der Waals surface area contributed by atoms with E-state index in [-0.39, 0.29) is 21.1 Å². The molecule has 1 N–H and O–H groups in total. The summed E-state index contributed by atoms with van der Waals surface area (Å²) in [6.07, 6.45) is 10.2. The van der Waals surface area contributed by atoms with E-state index in [1.54, 1.807) is 17.1 Å². The molecule has 0 unspecified atom stereocenters. The first-order chi connectivity index (χ1) is 18.8. The molecule has 1 fully saturated rings. The number of fused-ring (bicyclic) bond motifs is 3. The van der Waals surface area contributed by atoms with Crippen molar-refractivity contribution in [3.63, 3.8) is 0 Å². The standard InChI is InChI=1S/C27H23Cl2N9O/c1-36-11-15-7-16(3-4-18(15)27(13-36)5-6-27)33-26-31-8-17-22(34-26)23(21-12-37(2)14-32-21)35-38(25(17)39)24-19(28)9-30-10-20(24)29/h3-4,7-10,12,14H,5-6,11,13H2,1-2H3,(H,31,33,34). The molecule has 0 radical (unpaired) electrons. The Bertz CT molecular complexity index is 1820. The second-order valence-corrected chi connectivity index (χ2v) is 11.2. The molecule has 1 spiro atoms. The van der Waals surface area contributed by atoms with E-state index in [1.807, 2.05) is 7.05 Å². The van der Waals surface area contributed by atoms with Crippen LogP contribution in [0.15, 0.2) is 54.1 Å². The molecule has 0 bridgehead atoms. The number of hydrogen-bond donors (Lipinski definition) is 1. The number of halogens is 2. The molecular weight excluding hydrogens is 537 g/mol. The zero-order chi connectivity index (χ0) is 26.9. The number of imidazole rings is 1. The summed E-state index contributed by atoms with van der Waals surface area (Å²) in [6, 6.07) is 6.46. The molecule has 1 aromatic carbocycles. The van der Waals surface area contributed by atoms with Crippen LogP contribution in [0.2, 0.25) is 10.0 Å². The van der Waals surface area contributed by atoms with Crippen molar-refractivity contribution in [3.05, 3.63) is 80.8 Å². The quantitative estimate of drug-likeness (QED) is 0.343. The van der Waals surface area contributed by atoms with Gasteiger partial charge in [-0.15, -0.1) is 0 Å². The van der Waals surface area contributed by atoms with Gasteiger partial charge < -0.3 is 14.8 Å². The first kappa shape index (κ1) is 24.2. The highest BCUT2D eigenvalue weighted by Gasteiger charge is 2.48. The van der Waals surface area contributed by atoms with Gasteiger partial charge in [0.2, 0.25) is 5.95 Å². The van der Waals surface area contributed by atoms with Crippen LogP contribution in [0.3, 0.4) is 0 Å². The molecule has 0 atom stereocenters. The Hall–Kier alpha value is -3.86. The number of nitrogens with one attached hydrogen (secondary N) is 1. The minimum atomic E-state index is -0.460. The Morgan fingerprint density at radius 3 is 2.56 bits per heavy atom. The Morgan fingerprint density at radius 1 is 1.05 bits per heavy atom. The normalized spacial score (nSPS) is 16.0. The van der Waals surface area contributed by atoms with Crippen LogP contribution < -0.4 is 10.9 Å². The van der Waals surface area contributed by atoms with Crippen LogP contribution in [0, 0.1) is 0 Å². The smallest absolute Gasteiger partial charge is 0.282 e. The van der Waals surface area contributed by atoms with Gasteiger partial charge in [-0.3, -0.25) is 9.78 Å². The SMILES string of the molecule is CN1Cc2cc(Nc3ncc4c(=O)n(-c5c(Cl)cncc5Cl)nc(-c5cn(C)cn5)c4n3)ccc2C2(CC2)C1. The minimum absolute atomic E-state index is 0.189. The maximum absolute atomic E-state index is 13.6. The molecule has 39 heavy (non-hydrogen) atoms. The fourth-order valence-corrected chi connectivity index (χ4v) is 6.05. The van der Waals surface area contributed by atoms with Gasteiger partial charge in [-0.1, -0.05) is 29.3 Å². The molecule has 1 saturated carbocycles. The monoisotopic (exact) mass is 559 g/mol. The zero-order valence-corrected chi connectivity index (χ0v) is 22.7. The molecule has 5 aromatic rings. The number of hydrogen-bond acceptors (Lipinski definition) is 8. The third kappa shape index (κ3) is 4.07. The molecule has 5 heterocycles. The summed E-state index contributed by atoms with van der Waals surface area (Å²) in [5.74, 6) is 0.351. The van der Waals surface area contributed by atoms with Crippen LogP contribution in [0.5, 0.6) is 0 Å². The summed E-state index contributed by atoms with van der Waals surface area (Å²) < 4.78 is 2.95. The molecule has 2 aliphatic rings. The third-order valence-corrected chi connectivity index (χ3v) is 7.98. The van der Waals surface area contributed by atoms with E-state index in [4.69, 9.17) is 28.2 Å². The van der Waals surface area contributed by atoms with E-state index in [9.17, 15) is 4.79 Å². The van der Waals surface area contributed by atoms with Crippen LogP contribution >= 0.6 is 23.2 Å². The number of benzene rings is 1. The summed E-state index contributed by atoms with van der Waals surface area (Å²) in [5.41, 5.74) is 5.02. The fraction of sp³-hybridized carbons (Fsp3) is 0.259. The maximum atomic E-state index is 13.6. The second-order valence-electron chi connectivity index (χ2n) is 10.3. The summed E-state index contributed by atoms with van der Waals surface area (Å²) in [6.45, 7) is 2.01. The molecular formula is C27H23Cl2N9O. The van der Waals surface area contributed by atoms with Crippen molar-refractivity contribution in [1.29, 1.82) is 0 Å². The lowest BCUT2D eigenvalue weighted by Gasteiger charge is -2.32. The van der Waals surface area contributed by atoms with E-state index in [1.165, 1.54) is 42.6 Å². The topological polar surface area (TPSA) is 107 Å². The van der Waals surface area contributed by atoms with Crippen LogP contribution in [-0.2, 0) is 19.0 Å². The molecule has 1 aliphatic carbocycles. The lowest BCUT2D eigenvalue weighted by molar-refractivity contribution is 0.271. The van der Waals surface area contributed by atoms with Gasteiger partial charge in [0, 0.05) is 56.0 Å². The van der Waals surface area contributed by atoms with Crippen LogP contribution in [0.4, 0.5) is 11.6 Å². The highest BCUT2D eigenvalue weighted by Crippen LogP contribution is 2.52. The van der Waals surface area contributed by atoms with Crippen molar-refractivity contribution in [3.8, 4) is 17.1 Å². The van der Waals surface area contributed by atoms with Crippen molar-refractivity contribution in [2.45, 2.75) is 24.8 Å². The van der Waals surface area contributed by atoms with Crippen LogP contribution in [0.25, 0.3) is 28.0 Å². The fourth-order valence-electron chi connectivity index (χ4n) is 5.53. The number of rotatable bonds is 4. The van der Waals surface area contributed by atoms with Gasteiger partial charge in [-0.25, -0.2) is 15.0 Å². The van der Waals surface area contributed by atoms with E-state index in [0.29, 0.717) is 28.3 Å². The molecule has 196 valence electrons. The van der Waals surface area contributed by atoms with E-state index in [2.05, 4.69) is 55.5 Å². The minimum Gasteiger partial charge on any atom is -0.340 e. The third-order valence-electron chi connectivity index (χ3n) is 7.42.